The lowest BCUT2D eigenvalue weighted by molar-refractivity contribution is 0.0789. The zero-order valence-corrected chi connectivity index (χ0v) is 14.0. The van der Waals surface area contributed by atoms with Crippen LogP contribution in [0.2, 0.25) is 0 Å². The van der Waals surface area contributed by atoms with Crippen molar-refractivity contribution in [2.45, 2.75) is 12.3 Å². The van der Waals surface area contributed by atoms with E-state index in [9.17, 15) is 4.79 Å². The first-order valence-corrected chi connectivity index (χ1v) is 8.16. The first-order valence-electron chi connectivity index (χ1n) is 7.37. The molecule has 1 saturated heterocycles. The van der Waals surface area contributed by atoms with Crippen LogP contribution in [0.25, 0.3) is 0 Å². The molecule has 1 heterocycles. The fourth-order valence-electron chi connectivity index (χ4n) is 2.91. The van der Waals surface area contributed by atoms with Gasteiger partial charge in [-0.1, -0.05) is 30.3 Å². The number of methoxy groups -OCH3 is 1. The van der Waals surface area contributed by atoms with Gasteiger partial charge in [0.25, 0.3) is 5.91 Å². The Morgan fingerprint density at radius 1 is 1.23 bits per heavy atom. The number of hydrogen-bond acceptors (Lipinski definition) is 2. The van der Waals surface area contributed by atoms with E-state index >= 15 is 0 Å². The van der Waals surface area contributed by atoms with Crippen LogP contribution in [0.5, 0.6) is 5.75 Å². The lowest BCUT2D eigenvalue weighted by Crippen LogP contribution is -2.28. The van der Waals surface area contributed by atoms with Gasteiger partial charge in [0.2, 0.25) is 0 Å². The summed E-state index contributed by atoms with van der Waals surface area (Å²) in [5, 5.41) is 0. The van der Waals surface area contributed by atoms with E-state index in [-0.39, 0.29) is 5.91 Å². The highest BCUT2D eigenvalue weighted by atomic mass is 79.9. The number of carbonyl (C=O) groups excluding carboxylic acids is 1. The van der Waals surface area contributed by atoms with Gasteiger partial charge in [0.05, 0.1) is 12.7 Å². The van der Waals surface area contributed by atoms with Gasteiger partial charge in [-0.2, -0.15) is 0 Å². The molecule has 0 N–H and O–H groups in total. The Morgan fingerprint density at radius 2 is 2.00 bits per heavy atom. The van der Waals surface area contributed by atoms with Gasteiger partial charge in [-0.15, -0.1) is 0 Å². The third-order valence-electron chi connectivity index (χ3n) is 4.15. The molecule has 22 heavy (non-hydrogen) atoms. The number of nitrogens with zero attached hydrogens (tertiary/aromatic N) is 1. The SMILES string of the molecule is COc1ccc(Br)c(C(=O)N2CCC(c3ccccc3)C2)c1. The summed E-state index contributed by atoms with van der Waals surface area (Å²) in [6.45, 7) is 1.56. The van der Waals surface area contributed by atoms with Crippen molar-refractivity contribution in [1.29, 1.82) is 0 Å². The van der Waals surface area contributed by atoms with Crippen LogP contribution in [0.3, 0.4) is 0 Å². The maximum absolute atomic E-state index is 12.8. The van der Waals surface area contributed by atoms with E-state index in [0.29, 0.717) is 17.2 Å². The molecular formula is C18H18BrNO2. The number of carbonyl (C=O) groups is 1. The Labute approximate surface area is 139 Å². The van der Waals surface area contributed by atoms with Crippen LogP contribution in [-0.4, -0.2) is 31.0 Å². The van der Waals surface area contributed by atoms with Gasteiger partial charge in [0.15, 0.2) is 0 Å². The predicted molar refractivity (Wildman–Crippen MR) is 90.4 cm³/mol. The predicted octanol–water partition coefficient (Wildman–Crippen LogP) is 4.09. The molecule has 0 spiro atoms. The topological polar surface area (TPSA) is 29.5 Å². The number of halogens is 1. The van der Waals surface area contributed by atoms with Crippen LogP contribution in [0.15, 0.2) is 53.0 Å². The normalized spacial score (nSPS) is 17.5. The highest BCUT2D eigenvalue weighted by Crippen LogP contribution is 2.30. The number of likely N-dealkylation sites (tertiary alicyclic amines) is 1. The van der Waals surface area contributed by atoms with Crippen molar-refractivity contribution in [2.75, 3.05) is 20.2 Å². The molecule has 1 fully saturated rings. The third kappa shape index (κ3) is 3.02. The Kier molecular flexibility index (Phi) is 4.48. The molecule has 2 aromatic carbocycles. The molecule has 114 valence electrons. The van der Waals surface area contributed by atoms with Gasteiger partial charge in [0.1, 0.15) is 5.75 Å². The molecule has 1 atom stereocenters. The largest absolute Gasteiger partial charge is 0.497 e. The van der Waals surface area contributed by atoms with E-state index in [2.05, 4.69) is 40.2 Å². The zero-order chi connectivity index (χ0) is 15.5. The number of amides is 1. The molecule has 0 aromatic heterocycles. The molecule has 1 amide bonds. The number of rotatable bonds is 3. The molecule has 0 bridgehead atoms. The number of hydrogen-bond donors (Lipinski definition) is 0. The average Bonchev–Trinajstić information content (AvgIpc) is 3.05. The summed E-state index contributed by atoms with van der Waals surface area (Å²) in [4.78, 5) is 14.7. The fraction of sp³-hybridized carbons (Fsp3) is 0.278. The minimum absolute atomic E-state index is 0.0595. The van der Waals surface area contributed by atoms with Crippen molar-refractivity contribution >= 4 is 21.8 Å². The van der Waals surface area contributed by atoms with Crippen molar-refractivity contribution in [3.8, 4) is 5.75 Å². The summed E-state index contributed by atoms with van der Waals surface area (Å²) >= 11 is 3.46. The van der Waals surface area contributed by atoms with Crippen molar-refractivity contribution in [1.82, 2.24) is 4.90 Å². The van der Waals surface area contributed by atoms with Gasteiger partial charge in [-0.3, -0.25) is 4.79 Å². The van der Waals surface area contributed by atoms with Gasteiger partial charge < -0.3 is 9.64 Å². The van der Waals surface area contributed by atoms with Gasteiger partial charge in [-0.25, -0.2) is 0 Å². The molecule has 1 aliphatic rings. The first kappa shape index (κ1) is 15.1. The van der Waals surface area contributed by atoms with E-state index in [1.165, 1.54) is 5.56 Å². The first-order chi connectivity index (χ1) is 10.7. The van der Waals surface area contributed by atoms with Crippen LogP contribution in [-0.2, 0) is 0 Å². The third-order valence-corrected chi connectivity index (χ3v) is 4.84. The summed E-state index contributed by atoms with van der Waals surface area (Å²) < 4.78 is 6.03. The quantitative estimate of drug-likeness (QED) is 0.825. The maximum Gasteiger partial charge on any atom is 0.255 e. The molecule has 0 saturated carbocycles. The second-order valence-electron chi connectivity index (χ2n) is 5.49. The van der Waals surface area contributed by atoms with Crippen LogP contribution in [0, 0.1) is 0 Å². The van der Waals surface area contributed by atoms with Crippen LogP contribution in [0.1, 0.15) is 28.3 Å². The molecule has 0 aliphatic carbocycles. The maximum atomic E-state index is 12.8. The van der Waals surface area contributed by atoms with Gasteiger partial charge in [0, 0.05) is 23.5 Å². The number of ether oxygens (including phenoxy) is 1. The Hall–Kier alpha value is -1.81. The second kappa shape index (κ2) is 6.53. The lowest BCUT2D eigenvalue weighted by Gasteiger charge is -2.18. The lowest BCUT2D eigenvalue weighted by atomic mass is 9.99. The van der Waals surface area contributed by atoms with E-state index in [4.69, 9.17) is 4.74 Å². The molecule has 4 heteroatoms. The highest BCUT2D eigenvalue weighted by molar-refractivity contribution is 9.10. The Morgan fingerprint density at radius 3 is 2.73 bits per heavy atom. The summed E-state index contributed by atoms with van der Waals surface area (Å²) in [5.74, 6) is 1.18. The van der Waals surface area contributed by atoms with Gasteiger partial charge in [-0.05, 0) is 46.1 Å². The molecule has 1 unspecified atom stereocenters. The van der Waals surface area contributed by atoms with Crippen molar-refractivity contribution < 1.29 is 9.53 Å². The molecule has 2 aromatic rings. The summed E-state index contributed by atoms with van der Waals surface area (Å²) in [6, 6.07) is 15.9. The Bertz CT molecular complexity index is 672. The van der Waals surface area contributed by atoms with Crippen LogP contribution >= 0.6 is 15.9 Å². The molecule has 0 radical (unpaired) electrons. The Balaban J connectivity index is 1.77. The summed E-state index contributed by atoms with van der Waals surface area (Å²) in [5.41, 5.74) is 1.97. The van der Waals surface area contributed by atoms with Crippen LogP contribution < -0.4 is 4.74 Å². The molecule has 3 nitrogen and oxygen atoms in total. The average molecular weight is 360 g/mol. The summed E-state index contributed by atoms with van der Waals surface area (Å²) in [7, 11) is 1.61. The van der Waals surface area contributed by atoms with E-state index in [1.807, 2.05) is 23.1 Å². The fourth-order valence-corrected chi connectivity index (χ4v) is 3.32. The second-order valence-corrected chi connectivity index (χ2v) is 6.35. The molecule has 1 aliphatic heterocycles. The van der Waals surface area contributed by atoms with E-state index < -0.39 is 0 Å². The monoisotopic (exact) mass is 359 g/mol. The van der Waals surface area contributed by atoms with Gasteiger partial charge >= 0.3 is 0 Å². The summed E-state index contributed by atoms with van der Waals surface area (Å²) in [6.07, 6.45) is 1.01. The minimum Gasteiger partial charge on any atom is -0.497 e. The van der Waals surface area contributed by atoms with Crippen LogP contribution in [0.4, 0.5) is 0 Å². The standard InChI is InChI=1S/C18H18BrNO2/c1-22-15-7-8-17(19)16(11-15)18(21)20-10-9-14(12-20)13-5-3-2-4-6-13/h2-8,11,14H,9-10,12H2,1H3. The smallest absolute Gasteiger partial charge is 0.255 e. The minimum atomic E-state index is 0.0595. The molecule has 3 rings (SSSR count). The molecular weight excluding hydrogens is 342 g/mol. The van der Waals surface area contributed by atoms with E-state index in [0.717, 1.165) is 24.0 Å². The zero-order valence-electron chi connectivity index (χ0n) is 12.5. The van der Waals surface area contributed by atoms with E-state index in [1.54, 1.807) is 13.2 Å². The van der Waals surface area contributed by atoms with Crippen molar-refractivity contribution in [3.05, 3.63) is 64.1 Å². The number of benzene rings is 2. The van der Waals surface area contributed by atoms with Crippen molar-refractivity contribution in [2.24, 2.45) is 0 Å². The van der Waals surface area contributed by atoms with Crippen molar-refractivity contribution in [3.63, 3.8) is 0 Å². The highest BCUT2D eigenvalue weighted by Gasteiger charge is 2.28.